The summed E-state index contributed by atoms with van der Waals surface area (Å²) >= 11 is 0. The summed E-state index contributed by atoms with van der Waals surface area (Å²) < 4.78 is 38.7. The third kappa shape index (κ3) is 2.88. The van der Waals surface area contributed by atoms with Crippen molar-refractivity contribution in [3.63, 3.8) is 0 Å². The summed E-state index contributed by atoms with van der Waals surface area (Å²) in [6.45, 7) is 0.703. The Morgan fingerprint density at radius 3 is 2.59 bits per heavy atom. The van der Waals surface area contributed by atoms with Gasteiger partial charge in [0.1, 0.15) is 6.07 Å². The molecule has 0 atom stereocenters. The van der Waals surface area contributed by atoms with Crippen LogP contribution in [-0.2, 0) is 12.7 Å². The highest BCUT2D eigenvalue weighted by Gasteiger charge is 2.35. The largest absolute Gasteiger partial charge is 0.433 e. The number of aromatic nitrogens is 4. The van der Waals surface area contributed by atoms with Gasteiger partial charge in [-0.15, -0.1) is 0 Å². The van der Waals surface area contributed by atoms with Gasteiger partial charge < -0.3 is 0 Å². The van der Waals surface area contributed by atoms with Gasteiger partial charge in [-0.3, -0.25) is 19.1 Å². The molecule has 0 aliphatic carbocycles. The number of aromatic amines is 1. The molecule has 0 unspecified atom stereocenters. The van der Waals surface area contributed by atoms with Crippen molar-refractivity contribution in [1.29, 1.82) is 5.26 Å². The van der Waals surface area contributed by atoms with Crippen molar-refractivity contribution in [1.82, 2.24) is 19.5 Å². The normalized spacial score (nSPS) is 11.2. The molecule has 0 aliphatic heterocycles. The van der Waals surface area contributed by atoms with E-state index in [1.165, 1.54) is 0 Å². The molecule has 7 nitrogen and oxygen atoms in total. The maximum Gasteiger partial charge on any atom is 0.433 e. The lowest BCUT2D eigenvalue weighted by molar-refractivity contribution is -0.141. The van der Waals surface area contributed by atoms with Gasteiger partial charge in [0.2, 0.25) is 5.82 Å². The first-order valence-corrected chi connectivity index (χ1v) is 5.85. The van der Waals surface area contributed by atoms with Gasteiger partial charge in [0, 0.05) is 11.8 Å². The molecule has 22 heavy (non-hydrogen) atoms. The van der Waals surface area contributed by atoms with Gasteiger partial charge in [0.25, 0.3) is 11.1 Å². The molecule has 0 spiro atoms. The van der Waals surface area contributed by atoms with E-state index in [-0.39, 0.29) is 17.9 Å². The second-order valence-corrected chi connectivity index (χ2v) is 4.35. The number of hydrogen-bond acceptors (Lipinski definition) is 5. The van der Waals surface area contributed by atoms with Crippen LogP contribution in [0.3, 0.4) is 0 Å². The fourth-order valence-electron chi connectivity index (χ4n) is 1.77. The number of nitrogens with one attached hydrogen (secondary N) is 1. The number of halogens is 3. The van der Waals surface area contributed by atoms with Crippen LogP contribution in [-0.4, -0.2) is 19.5 Å². The van der Waals surface area contributed by atoms with E-state index >= 15 is 0 Å². The molecule has 1 N–H and O–H groups in total. The van der Waals surface area contributed by atoms with Crippen LogP contribution in [0, 0.1) is 18.3 Å². The summed E-state index contributed by atoms with van der Waals surface area (Å²) in [6, 6.07) is 1.63. The van der Waals surface area contributed by atoms with Gasteiger partial charge in [-0.25, -0.2) is 9.97 Å². The maximum absolute atomic E-state index is 12.6. The average molecular weight is 311 g/mol. The quantitative estimate of drug-likeness (QED) is 0.873. The highest BCUT2D eigenvalue weighted by molar-refractivity contribution is 5.19. The van der Waals surface area contributed by atoms with E-state index in [2.05, 4.69) is 15.0 Å². The molecule has 0 amide bonds. The number of H-pyrrole nitrogens is 1. The Bertz CT molecular complexity index is 876. The molecule has 0 aromatic carbocycles. The van der Waals surface area contributed by atoms with E-state index in [4.69, 9.17) is 5.26 Å². The van der Waals surface area contributed by atoms with Crippen LogP contribution in [0.15, 0.2) is 22.1 Å². The lowest BCUT2D eigenvalue weighted by atomic mass is 10.2. The van der Waals surface area contributed by atoms with Gasteiger partial charge in [-0.1, -0.05) is 0 Å². The molecule has 0 saturated heterocycles. The zero-order chi connectivity index (χ0) is 16.5. The Balaban J connectivity index is 2.44. The Morgan fingerprint density at radius 1 is 1.36 bits per heavy atom. The second kappa shape index (κ2) is 5.44. The monoisotopic (exact) mass is 311 g/mol. The molecule has 114 valence electrons. The van der Waals surface area contributed by atoms with Gasteiger partial charge in [0.15, 0.2) is 5.69 Å². The average Bonchev–Trinajstić information content (AvgIpc) is 2.44. The van der Waals surface area contributed by atoms with Crippen molar-refractivity contribution in [2.75, 3.05) is 0 Å². The lowest BCUT2D eigenvalue weighted by Gasteiger charge is -2.11. The van der Waals surface area contributed by atoms with Gasteiger partial charge in [-0.2, -0.15) is 18.4 Å². The third-order valence-corrected chi connectivity index (χ3v) is 2.85. The minimum Gasteiger partial charge on any atom is -0.298 e. The van der Waals surface area contributed by atoms with E-state index in [1.807, 2.05) is 0 Å². The summed E-state index contributed by atoms with van der Waals surface area (Å²) in [7, 11) is 0. The van der Waals surface area contributed by atoms with Crippen LogP contribution in [0.5, 0.6) is 0 Å². The van der Waals surface area contributed by atoms with Crippen LogP contribution in [0.2, 0.25) is 0 Å². The molecule has 10 heteroatoms. The standard InChI is InChI=1S/C12H8F3N5O2/c1-6-9(12(13,14)15)18-5-20(11(6)22)4-7-3-17-8(2-16)19-10(7)21/h3,5H,4H2,1H3,(H,17,19,21). The Hall–Kier alpha value is -2.96. The van der Waals surface area contributed by atoms with Crippen molar-refractivity contribution >= 4 is 0 Å². The molecular formula is C12H8F3N5O2. The van der Waals surface area contributed by atoms with Crippen LogP contribution in [0.25, 0.3) is 0 Å². The predicted molar refractivity (Wildman–Crippen MR) is 66.9 cm³/mol. The molecule has 2 aromatic rings. The van der Waals surface area contributed by atoms with Gasteiger partial charge >= 0.3 is 6.18 Å². The first-order chi connectivity index (χ1) is 10.2. The number of hydrogen-bond donors (Lipinski definition) is 1. The van der Waals surface area contributed by atoms with Crippen LogP contribution in [0.4, 0.5) is 13.2 Å². The summed E-state index contributed by atoms with van der Waals surface area (Å²) in [5.41, 5.74) is -3.38. The van der Waals surface area contributed by atoms with Crippen LogP contribution < -0.4 is 11.1 Å². The first kappa shape index (κ1) is 15.4. The smallest absolute Gasteiger partial charge is 0.298 e. The van der Waals surface area contributed by atoms with E-state index in [0.29, 0.717) is 0 Å². The maximum atomic E-state index is 12.6. The number of nitrogens with zero attached hydrogens (tertiary/aromatic N) is 4. The first-order valence-electron chi connectivity index (χ1n) is 5.85. The summed E-state index contributed by atoms with van der Waals surface area (Å²) in [6.07, 6.45) is -2.93. The molecule has 0 saturated carbocycles. The SMILES string of the molecule is Cc1c(C(F)(F)F)ncn(Cc2cnc(C#N)[nH]c2=O)c1=O. The third-order valence-electron chi connectivity index (χ3n) is 2.85. The van der Waals surface area contributed by atoms with E-state index in [0.717, 1.165) is 24.0 Å². The fourth-order valence-corrected chi connectivity index (χ4v) is 1.77. The highest BCUT2D eigenvalue weighted by Crippen LogP contribution is 2.28. The second-order valence-electron chi connectivity index (χ2n) is 4.35. The minimum atomic E-state index is -4.73. The zero-order valence-corrected chi connectivity index (χ0v) is 11.1. The predicted octanol–water partition coefficient (Wildman–Crippen LogP) is 0.574. The van der Waals surface area contributed by atoms with E-state index < -0.39 is 28.6 Å². The molecule has 2 rings (SSSR count). The molecular weight excluding hydrogens is 303 g/mol. The molecule has 2 aromatic heterocycles. The van der Waals surface area contributed by atoms with Crippen molar-refractivity contribution in [3.8, 4) is 6.07 Å². The van der Waals surface area contributed by atoms with Gasteiger partial charge in [0.05, 0.1) is 18.4 Å². The van der Waals surface area contributed by atoms with E-state index in [9.17, 15) is 22.8 Å². The lowest BCUT2D eigenvalue weighted by Crippen LogP contribution is -2.29. The van der Waals surface area contributed by atoms with Crippen molar-refractivity contribution < 1.29 is 13.2 Å². The Kier molecular flexibility index (Phi) is 3.81. The van der Waals surface area contributed by atoms with Crippen molar-refractivity contribution in [2.24, 2.45) is 0 Å². The molecule has 0 aliphatic rings. The van der Waals surface area contributed by atoms with Crippen LogP contribution in [0.1, 0.15) is 22.6 Å². The number of nitriles is 1. The van der Waals surface area contributed by atoms with Crippen molar-refractivity contribution in [2.45, 2.75) is 19.6 Å². The number of alkyl halides is 3. The molecule has 0 radical (unpaired) electrons. The van der Waals surface area contributed by atoms with Crippen molar-refractivity contribution in [3.05, 3.63) is 55.9 Å². The van der Waals surface area contributed by atoms with Gasteiger partial charge in [-0.05, 0) is 6.92 Å². The summed E-state index contributed by atoms with van der Waals surface area (Å²) in [5, 5.41) is 8.58. The molecule has 0 bridgehead atoms. The zero-order valence-electron chi connectivity index (χ0n) is 11.1. The Labute approximate surface area is 120 Å². The Morgan fingerprint density at radius 2 is 2.05 bits per heavy atom. The van der Waals surface area contributed by atoms with Crippen LogP contribution >= 0.6 is 0 Å². The summed E-state index contributed by atoms with van der Waals surface area (Å²) in [4.78, 5) is 32.6. The molecule has 2 heterocycles. The summed E-state index contributed by atoms with van der Waals surface area (Å²) in [5.74, 6) is -0.206. The van der Waals surface area contributed by atoms with E-state index in [1.54, 1.807) is 6.07 Å². The topological polar surface area (TPSA) is 104 Å². The number of rotatable bonds is 2. The highest BCUT2D eigenvalue weighted by atomic mass is 19.4. The fraction of sp³-hybridized carbons (Fsp3) is 0.250. The molecule has 0 fully saturated rings. The minimum absolute atomic E-state index is 0.0158.